The molecule has 0 unspecified atom stereocenters. The fourth-order valence-corrected chi connectivity index (χ4v) is 2.74. The van der Waals surface area contributed by atoms with Crippen molar-refractivity contribution in [1.29, 1.82) is 0 Å². The van der Waals surface area contributed by atoms with Crippen LogP contribution in [-0.2, 0) is 13.0 Å². The maximum atomic E-state index is 9.93. The second-order valence-electron chi connectivity index (χ2n) is 5.04. The Balaban J connectivity index is 1.98. The summed E-state index contributed by atoms with van der Waals surface area (Å²) in [5, 5.41) is 23.2. The van der Waals surface area contributed by atoms with Gasteiger partial charge in [0.15, 0.2) is 0 Å². The molecule has 0 bridgehead atoms. The summed E-state index contributed by atoms with van der Waals surface area (Å²) in [5.74, 6) is 0.934. The Labute approximate surface area is 117 Å². The van der Waals surface area contributed by atoms with Gasteiger partial charge in [-0.3, -0.25) is 0 Å². The first-order chi connectivity index (χ1) is 9.06. The lowest BCUT2D eigenvalue weighted by Gasteiger charge is -2.07. The number of hydrogen-bond acceptors (Lipinski definition) is 5. The second kappa shape index (κ2) is 6.02. The van der Waals surface area contributed by atoms with Crippen LogP contribution in [0.5, 0.6) is 5.75 Å². The fraction of sp³-hybridized carbons (Fsp3) is 0.429. The highest BCUT2D eigenvalue weighted by atomic mass is 32.1. The van der Waals surface area contributed by atoms with Gasteiger partial charge in [-0.05, 0) is 18.4 Å². The van der Waals surface area contributed by atoms with Crippen molar-refractivity contribution in [2.75, 3.05) is 5.32 Å². The first-order valence-electron chi connectivity index (χ1n) is 6.40. The van der Waals surface area contributed by atoms with Crippen LogP contribution < -0.4 is 5.32 Å². The number of nitrogens with zero attached hydrogens (tertiary/aromatic N) is 2. The quantitative estimate of drug-likeness (QED) is 0.880. The predicted molar refractivity (Wildman–Crippen MR) is 78.6 cm³/mol. The third kappa shape index (κ3) is 3.67. The van der Waals surface area contributed by atoms with Crippen LogP contribution in [0.4, 0.5) is 5.13 Å². The van der Waals surface area contributed by atoms with Crippen LogP contribution >= 0.6 is 11.3 Å². The van der Waals surface area contributed by atoms with E-state index in [-0.39, 0.29) is 0 Å². The average molecular weight is 277 g/mol. The third-order valence-electron chi connectivity index (χ3n) is 2.80. The monoisotopic (exact) mass is 277 g/mol. The molecule has 0 atom stereocenters. The van der Waals surface area contributed by atoms with Crippen LogP contribution in [0, 0.1) is 12.8 Å². The number of nitrogens with one attached hydrogen (secondary N) is 1. The molecular formula is C14H19N3OS. The van der Waals surface area contributed by atoms with Crippen LogP contribution in [0.15, 0.2) is 18.2 Å². The molecule has 0 saturated heterocycles. The summed E-state index contributed by atoms with van der Waals surface area (Å²) in [4.78, 5) is 0. The highest BCUT2D eigenvalue weighted by molar-refractivity contribution is 7.15. The van der Waals surface area contributed by atoms with E-state index in [1.54, 1.807) is 11.3 Å². The largest absolute Gasteiger partial charge is 0.507 e. The van der Waals surface area contributed by atoms with Gasteiger partial charge in [0.1, 0.15) is 10.8 Å². The minimum atomic E-state index is 0.349. The Morgan fingerprint density at radius 3 is 2.84 bits per heavy atom. The Morgan fingerprint density at radius 2 is 2.11 bits per heavy atom. The molecule has 0 aliphatic rings. The number of aromatic nitrogens is 2. The van der Waals surface area contributed by atoms with E-state index < -0.39 is 0 Å². The zero-order valence-electron chi connectivity index (χ0n) is 11.5. The number of phenols is 1. The molecule has 0 spiro atoms. The van der Waals surface area contributed by atoms with Gasteiger partial charge < -0.3 is 10.4 Å². The molecule has 4 nitrogen and oxygen atoms in total. The summed E-state index contributed by atoms with van der Waals surface area (Å²) in [6.45, 7) is 6.78. The molecule has 0 amide bonds. The van der Waals surface area contributed by atoms with Crippen molar-refractivity contribution in [3.05, 3.63) is 34.3 Å². The number of benzene rings is 1. The minimum Gasteiger partial charge on any atom is -0.507 e. The van der Waals surface area contributed by atoms with E-state index in [1.165, 1.54) is 0 Å². The molecule has 102 valence electrons. The van der Waals surface area contributed by atoms with Gasteiger partial charge in [0.25, 0.3) is 0 Å². The van der Waals surface area contributed by atoms with Crippen molar-refractivity contribution >= 4 is 16.5 Å². The highest BCUT2D eigenvalue weighted by Gasteiger charge is 2.07. The molecule has 2 aromatic rings. The lowest BCUT2D eigenvalue weighted by atomic mass is 10.1. The summed E-state index contributed by atoms with van der Waals surface area (Å²) < 4.78 is 0. The Hall–Kier alpha value is -1.62. The van der Waals surface area contributed by atoms with Crippen molar-refractivity contribution in [2.45, 2.75) is 33.7 Å². The van der Waals surface area contributed by atoms with Gasteiger partial charge in [-0.1, -0.05) is 43.4 Å². The van der Waals surface area contributed by atoms with Gasteiger partial charge in [-0.2, -0.15) is 0 Å². The molecule has 5 heteroatoms. The zero-order valence-corrected chi connectivity index (χ0v) is 12.3. The normalized spacial score (nSPS) is 10.9. The van der Waals surface area contributed by atoms with E-state index in [0.717, 1.165) is 27.7 Å². The molecule has 2 rings (SSSR count). The summed E-state index contributed by atoms with van der Waals surface area (Å²) in [6.07, 6.45) is 0.953. The molecule has 0 aliphatic carbocycles. The number of aryl methyl sites for hydroxylation is 1. The first kappa shape index (κ1) is 13.8. The number of aromatic hydroxyl groups is 1. The van der Waals surface area contributed by atoms with Gasteiger partial charge in [-0.25, -0.2) is 0 Å². The highest BCUT2D eigenvalue weighted by Crippen LogP contribution is 2.24. The number of hydrogen-bond donors (Lipinski definition) is 2. The standard InChI is InChI=1S/C14H19N3OS/c1-9(2)7-12-16-17-14(19-12)15-8-11-6-4-5-10(3)13(11)18/h4-6,9,18H,7-8H2,1-3H3,(H,15,17). The maximum Gasteiger partial charge on any atom is 0.205 e. The van der Waals surface area contributed by atoms with Crippen LogP contribution in [-0.4, -0.2) is 15.3 Å². The summed E-state index contributed by atoms with van der Waals surface area (Å²) in [7, 11) is 0. The summed E-state index contributed by atoms with van der Waals surface area (Å²) in [6, 6.07) is 5.74. The van der Waals surface area contributed by atoms with E-state index >= 15 is 0 Å². The molecule has 19 heavy (non-hydrogen) atoms. The van der Waals surface area contributed by atoms with Gasteiger partial charge >= 0.3 is 0 Å². The molecule has 0 saturated carbocycles. The predicted octanol–water partition coefficient (Wildman–Crippen LogP) is 3.36. The van der Waals surface area contributed by atoms with Crippen molar-refractivity contribution in [3.8, 4) is 5.75 Å². The molecule has 1 aromatic heterocycles. The maximum absolute atomic E-state index is 9.93. The molecule has 0 fully saturated rings. The molecule has 1 heterocycles. The molecular weight excluding hydrogens is 258 g/mol. The Bertz CT molecular complexity index is 551. The van der Waals surface area contributed by atoms with Crippen molar-refractivity contribution in [2.24, 2.45) is 5.92 Å². The van der Waals surface area contributed by atoms with Crippen molar-refractivity contribution < 1.29 is 5.11 Å². The van der Waals surface area contributed by atoms with E-state index in [4.69, 9.17) is 0 Å². The Morgan fingerprint density at radius 1 is 1.32 bits per heavy atom. The number of phenolic OH excluding ortho intramolecular Hbond substituents is 1. The first-order valence-corrected chi connectivity index (χ1v) is 7.21. The minimum absolute atomic E-state index is 0.349. The molecule has 1 aromatic carbocycles. The number of para-hydroxylation sites is 1. The van der Waals surface area contributed by atoms with E-state index in [1.807, 2.05) is 25.1 Å². The lowest BCUT2D eigenvalue weighted by Crippen LogP contribution is -1.99. The smallest absolute Gasteiger partial charge is 0.205 e. The molecule has 0 radical (unpaired) electrons. The molecule has 0 aliphatic heterocycles. The van der Waals surface area contributed by atoms with Crippen LogP contribution in [0.2, 0.25) is 0 Å². The van der Waals surface area contributed by atoms with Gasteiger partial charge in [0, 0.05) is 18.5 Å². The number of anilines is 1. The van der Waals surface area contributed by atoms with E-state index in [9.17, 15) is 5.11 Å². The second-order valence-corrected chi connectivity index (χ2v) is 6.10. The third-order valence-corrected chi connectivity index (χ3v) is 3.70. The average Bonchev–Trinajstić information content (AvgIpc) is 2.78. The lowest BCUT2D eigenvalue weighted by molar-refractivity contribution is 0.465. The van der Waals surface area contributed by atoms with Gasteiger partial charge in [-0.15, -0.1) is 10.2 Å². The Kier molecular flexibility index (Phi) is 4.37. The van der Waals surface area contributed by atoms with Crippen molar-refractivity contribution in [3.63, 3.8) is 0 Å². The zero-order chi connectivity index (χ0) is 13.8. The SMILES string of the molecule is Cc1cccc(CNc2nnc(CC(C)C)s2)c1O. The van der Waals surface area contributed by atoms with E-state index in [0.29, 0.717) is 18.2 Å². The van der Waals surface area contributed by atoms with Gasteiger partial charge in [0.05, 0.1) is 0 Å². The number of rotatable bonds is 5. The van der Waals surface area contributed by atoms with Crippen molar-refractivity contribution in [1.82, 2.24) is 10.2 Å². The van der Waals surface area contributed by atoms with Crippen LogP contribution in [0.25, 0.3) is 0 Å². The summed E-state index contributed by atoms with van der Waals surface area (Å²) >= 11 is 1.58. The van der Waals surface area contributed by atoms with Gasteiger partial charge in [0.2, 0.25) is 5.13 Å². The molecule has 2 N–H and O–H groups in total. The summed E-state index contributed by atoms with van der Waals surface area (Å²) in [5.41, 5.74) is 1.76. The topological polar surface area (TPSA) is 58.0 Å². The van der Waals surface area contributed by atoms with E-state index in [2.05, 4.69) is 29.4 Å². The van der Waals surface area contributed by atoms with Crippen LogP contribution in [0.1, 0.15) is 30.0 Å². The van der Waals surface area contributed by atoms with Crippen LogP contribution in [0.3, 0.4) is 0 Å². The fourth-order valence-electron chi connectivity index (χ4n) is 1.79.